The molecule has 0 aliphatic rings. The standard InChI is InChI=1S/C13H16ClN3O/c1-8(6-15)13-16-7-11(17-13)9-3-4-12(18-2)10(14)5-9/h3-5,7-8H,6,15H2,1-2H3,(H,16,17). The van der Waals surface area contributed by atoms with Gasteiger partial charge in [0.25, 0.3) is 0 Å². The summed E-state index contributed by atoms with van der Waals surface area (Å²) in [7, 11) is 1.60. The van der Waals surface area contributed by atoms with Crippen molar-refractivity contribution in [2.45, 2.75) is 12.8 Å². The molecule has 2 rings (SSSR count). The lowest BCUT2D eigenvalue weighted by atomic mass is 10.1. The van der Waals surface area contributed by atoms with Crippen LogP contribution < -0.4 is 10.5 Å². The molecule has 0 saturated carbocycles. The smallest absolute Gasteiger partial charge is 0.137 e. The van der Waals surface area contributed by atoms with Gasteiger partial charge >= 0.3 is 0 Å². The number of rotatable bonds is 4. The molecule has 0 aliphatic carbocycles. The second kappa shape index (κ2) is 5.42. The van der Waals surface area contributed by atoms with E-state index >= 15 is 0 Å². The number of hydrogen-bond acceptors (Lipinski definition) is 3. The second-order valence-corrected chi connectivity index (χ2v) is 4.58. The quantitative estimate of drug-likeness (QED) is 0.893. The second-order valence-electron chi connectivity index (χ2n) is 4.17. The normalized spacial score (nSPS) is 12.4. The predicted octanol–water partition coefficient (Wildman–Crippen LogP) is 2.80. The number of methoxy groups -OCH3 is 1. The van der Waals surface area contributed by atoms with Crippen molar-refractivity contribution < 1.29 is 4.74 Å². The van der Waals surface area contributed by atoms with Gasteiger partial charge in [0.15, 0.2) is 0 Å². The molecular weight excluding hydrogens is 250 g/mol. The topological polar surface area (TPSA) is 63.9 Å². The Labute approximate surface area is 111 Å². The van der Waals surface area contributed by atoms with Crippen LogP contribution in [-0.4, -0.2) is 23.6 Å². The third kappa shape index (κ3) is 2.49. The minimum Gasteiger partial charge on any atom is -0.495 e. The van der Waals surface area contributed by atoms with Crippen LogP contribution >= 0.6 is 11.6 Å². The number of benzene rings is 1. The van der Waals surface area contributed by atoms with Crippen LogP contribution in [-0.2, 0) is 0 Å². The summed E-state index contributed by atoms with van der Waals surface area (Å²) in [6.45, 7) is 2.60. The minimum absolute atomic E-state index is 0.215. The van der Waals surface area contributed by atoms with E-state index in [0.29, 0.717) is 17.3 Å². The van der Waals surface area contributed by atoms with E-state index in [1.165, 1.54) is 0 Å². The van der Waals surface area contributed by atoms with Crippen molar-refractivity contribution in [2.24, 2.45) is 5.73 Å². The number of nitrogens with zero attached hydrogens (tertiary/aromatic N) is 1. The van der Waals surface area contributed by atoms with Gasteiger partial charge in [-0.1, -0.05) is 18.5 Å². The van der Waals surface area contributed by atoms with Gasteiger partial charge in [-0.25, -0.2) is 4.98 Å². The zero-order valence-electron chi connectivity index (χ0n) is 10.4. The van der Waals surface area contributed by atoms with Gasteiger partial charge in [-0.05, 0) is 18.2 Å². The third-order valence-electron chi connectivity index (χ3n) is 2.88. The number of hydrogen-bond donors (Lipinski definition) is 2. The van der Waals surface area contributed by atoms with Crippen molar-refractivity contribution in [3.8, 4) is 17.0 Å². The summed E-state index contributed by atoms with van der Waals surface area (Å²) in [6.07, 6.45) is 1.79. The first-order valence-corrected chi connectivity index (χ1v) is 6.12. The van der Waals surface area contributed by atoms with Crippen LogP contribution in [0.3, 0.4) is 0 Å². The van der Waals surface area contributed by atoms with Gasteiger partial charge in [0.05, 0.1) is 24.0 Å². The molecule has 0 aliphatic heterocycles. The highest BCUT2D eigenvalue weighted by Crippen LogP contribution is 2.29. The van der Waals surface area contributed by atoms with E-state index in [0.717, 1.165) is 17.1 Å². The van der Waals surface area contributed by atoms with Crippen LogP contribution in [0, 0.1) is 0 Å². The summed E-state index contributed by atoms with van der Waals surface area (Å²) in [4.78, 5) is 7.58. The molecule has 0 bridgehead atoms. The maximum Gasteiger partial charge on any atom is 0.137 e. The number of imidazole rings is 1. The zero-order chi connectivity index (χ0) is 13.1. The number of nitrogens with one attached hydrogen (secondary N) is 1. The Morgan fingerprint density at radius 2 is 2.28 bits per heavy atom. The van der Waals surface area contributed by atoms with Crippen molar-refractivity contribution in [1.29, 1.82) is 0 Å². The van der Waals surface area contributed by atoms with Gasteiger partial charge in [0.2, 0.25) is 0 Å². The number of nitrogens with two attached hydrogens (primary N) is 1. The monoisotopic (exact) mass is 265 g/mol. The molecule has 1 heterocycles. The lowest BCUT2D eigenvalue weighted by Gasteiger charge is -2.05. The van der Waals surface area contributed by atoms with Gasteiger partial charge in [-0.3, -0.25) is 0 Å². The minimum atomic E-state index is 0.215. The summed E-state index contributed by atoms with van der Waals surface area (Å²) in [5.74, 6) is 1.77. The van der Waals surface area contributed by atoms with Gasteiger partial charge in [0, 0.05) is 18.0 Å². The molecule has 0 spiro atoms. The van der Waals surface area contributed by atoms with E-state index in [1.807, 2.05) is 25.1 Å². The average Bonchev–Trinajstić information content (AvgIpc) is 2.87. The van der Waals surface area contributed by atoms with Gasteiger partial charge in [-0.15, -0.1) is 0 Å². The van der Waals surface area contributed by atoms with Crippen molar-refractivity contribution >= 4 is 11.6 Å². The molecule has 1 aromatic carbocycles. The Kier molecular flexibility index (Phi) is 3.89. The number of ether oxygens (including phenoxy) is 1. The van der Waals surface area contributed by atoms with Crippen molar-refractivity contribution in [3.05, 3.63) is 35.2 Å². The maximum atomic E-state index is 6.10. The Morgan fingerprint density at radius 3 is 2.89 bits per heavy atom. The molecule has 5 heteroatoms. The lowest BCUT2D eigenvalue weighted by Crippen LogP contribution is -2.10. The lowest BCUT2D eigenvalue weighted by molar-refractivity contribution is 0.415. The number of aromatic amines is 1. The van der Waals surface area contributed by atoms with Crippen molar-refractivity contribution in [3.63, 3.8) is 0 Å². The van der Waals surface area contributed by atoms with Crippen LogP contribution in [0.25, 0.3) is 11.3 Å². The zero-order valence-corrected chi connectivity index (χ0v) is 11.2. The highest BCUT2D eigenvalue weighted by atomic mass is 35.5. The Balaban J connectivity index is 2.31. The molecule has 2 aromatic rings. The van der Waals surface area contributed by atoms with Crippen LogP contribution in [0.4, 0.5) is 0 Å². The fourth-order valence-corrected chi connectivity index (χ4v) is 1.94. The van der Waals surface area contributed by atoms with E-state index in [2.05, 4.69) is 9.97 Å². The SMILES string of the molecule is COc1ccc(-c2cnc(C(C)CN)[nH]2)cc1Cl. The summed E-state index contributed by atoms with van der Waals surface area (Å²) < 4.78 is 5.12. The van der Waals surface area contributed by atoms with E-state index in [-0.39, 0.29) is 5.92 Å². The fourth-order valence-electron chi connectivity index (χ4n) is 1.68. The van der Waals surface area contributed by atoms with Gasteiger partial charge in [-0.2, -0.15) is 0 Å². The third-order valence-corrected chi connectivity index (χ3v) is 3.17. The summed E-state index contributed by atoms with van der Waals surface area (Å²) in [5.41, 5.74) is 7.52. The van der Waals surface area contributed by atoms with Crippen molar-refractivity contribution in [2.75, 3.05) is 13.7 Å². The first kappa shape index (κ1) is 12.9. The number of aromatic nitrogens is 2. The molecule has 0 fully saturated rings. The fraction of sp³-hybridized carbons (Fsp3) is 0.308. The molecule has 1 unspecified atom stereocenters. The average molecular weight is 266 g/mol. The highest BCUT2D eigenvalue weighted by molar-refractivity contribution is 6.32. The Hall–Kier alpha value is -1.52. The number of halogens is 1. The molecular formula is C13H16ClN3O. The van der Waals surface area contributed by atoms with Gasteiger partial charge < -0.3 is 15.5 Å². The van der Waals surface area contributed by atoms with Crippen LogP contribution in [0.1, 0.15) is 18.7 Å². The van der Waals surface area contributed by atoms with Crippen LogP contribution in [0.2, 0.25) is 5.02 Å². The van der Waals surface area contributed by atoms with E-state index < -0.39 is 0 Å². The largest absolute Gasteiger partial charge is 0.495 e. The van der Waals surface area contributed by atoms with E-state index in [4.69, 9.17) is 22.1 Å². The predicted molar refractivity (Wildman–Crippen MR) is 73.1 cm³/mol. The van der Waals surface area contributed by atoms with Crippen LogP contribution in [0.5, 0.6) is 5.75 Å². The first-order chi connectivity index (χ1) is 8.65. The van der Waals surface area contributed by atoms with E-state index in [1.54, 1.807) is 13.3 Å². The summed E-state index contributed by atoms with van der Waals surface area (Å²) in [5, 5.41) is 0.582. The van der Waals surface area contributed by atoms with Gasteiger partial charge in [0.1, 0.15) is 11.6 Å². The molecule has 96 valence electrons. The molecule has 18 heavy (non-hydrogen) atoms. The van der Waals surface area contributed by atoms with Crippen LogP contribution in [0.15, 0.2) is 24.4 Å². The molecule has 0 saturated heterocycles. The summed E-state index contributed by atoms with van der Waals surface area (Å²) in [6, 6.07) is 5.63. The number of H-pyrrole nitrogens is 1. The van der Waals surface area contributed by atoms with Crippen molar-refractivity contribution in [1.82, 2.24) is 9.97 Å². The molecule has 1 atom stereocenters. The first-order valence-electron chi connectivity index (χ1n) is 5.74. The Bertz CT molecular complexity index is 539. The Morgan fingerprint density at radius 1 is 1.50 bits per heavy atom. The van der Waals surface area contributed by atoms with E-state index in [9.17, 15) is 0 Å². The maximum absolute atomic E-state index is 6.10. The molecule has 0 radical (unpaired) electrons. The molecule has 4 nitrogen and oxygen atoms in total. The highest BCUT2D eigenvalue weighted by Gasteiger charge is 2.10. The molecule has 0 amide bonds. The molecule has 3 N–H and O–H groups in total. The summed E-state index contributed by atoms with van der Waals surface area (Å²) >= 11 is 6.10. The molecule has 1 aromatic heterocycles.